The van der Waals surface area contributed by atoms with E-state index in [-0.39, 0.29) is 26.2 Å². The summed E-state index contributed by atoms with van der Waals surface area (Å²) in [5.74, 6) is 0. The predicted octanol–water partition coefficient (Wildman–Crippen LogP) is 6.26. The molecule has 0 spiro atoms. The molecule has 0 aliphatic carbocycles. The van der Waals surface area contributed by atoms with Crippen molar-refractivity contribution in [2.24, 2.45) is 0 Å². The molecule has 0 aliphatic rings. The second-order valence-corrected chi connectivity index (χ2v) is 3.52. The first kappa shape index (κ1) is 26.7. The molecular weight excluding hydrogens is 295 g/mol. The van der Waals surface area contributed by atoms with E-state index < -0.39 is 0 Å². The first-order valence-corrected chi connectivity index (χ1v) is 6.79. The van der Waals surface area contributed by atoms with Gasteiger partial charge in [0.15, 0.2) is 0 Å². The molecule has 0 aliphatic heterocycles. The molecule has 0 heterocycles. The third-order valence-corrected chi connectivity index (χ3v) is 1.62. The molecule has 0 saturated carbocycles. The van der Waals surface area contributed by atoms with E-state index in [1.807, 2.05) is 30.3 Å². The number of rotatable bonds is 3. The standard InChI is InChI=1S/C5H5.3C4H9.Zr/c1-2-4-5-3-1;3*1-3-4-2;/h1-5H;3*1,3-4H2,2H3;/q4*-1;+4. The molecule has 0 radical (unpaired) electrons. The van der Waals surface area contributed by atoms with Crippen LogP contribution in [0.3, 0.4) is 0 Å². The maximum atomic E-state index is 3.60. The smallest absolute Gasteiger partial charge is 0.343 e. The first-order chi connectivity index (χ1) is 8.24. The third kappa shape index (κ3) is 55.6. The fourth-order valence-corrected chi connectivity index (χ4v) is 0.321. The van der Waals surface area contributed by atoms with E-state index >= 15 is 0 Å². The third-order valence-electron chi connectivity index (χ3n) is 1.62. The summed E-state index contributed by atoms with van der Waals surface area (Å²) < 4.78 is 0. The largest absolute Gasteiger partial charge is 4.00 e. The van der Waals surface area contributed by atoms with Gasteiger partial charge in [0.2, 0.25) is 0 Å². The Balaban J connectivity index is -0.0000000719. The molecular formula is C17H32Zr. The number of hydrogen-bond acceptors (Lipinski definition) is 0. The maximum Gasteiger partial charge on any atom is 4.00 e. The van der Waals surface area contributed by atoms with Gasteiger partial charge in [-0.25, -0.2) is 12.1 Å². The zero-order chi connectivity index (χ0) is 13.8. The Kier molecular flexibility index (Phi) is 53.4. The van der Waals surface area contributed by atoms with Crippen LogP contribution < -0.4 is 0 Å². The van der Waals surface area contributed by atoms with Crippen molar-refractivity contribution in [2.45, 2.75) is 59.3 Å². The van der Waals surface area contributed by atoms with Gasteiger partial charge < -0.3 is 20.8 Å². The minimum absolute atomic E-state index is 0. The van der Waals surface area contributed by atoms with Crippen LogP contribution in [0, 0.1) is 20.8 Å². The van der Waals surface area contributed by atoms with Gasteiger partial charge in [-0.3, -0.25) is 0 Å². The average molecular weight is 328 g/mol. The van der Waals surface area contributed by atoms with Crippen LogP contribution in [0.2, 0.25) is 0 Å². The van der Waals surface area contributed by atoms with Gasteiger partial charge in [-0.15, -0.1) is 0 Å². The Morgan fingerprint density at radius 1 is 0.722 bits per heavy atom. The van der Waals surface area contributed by atoms with Crippen molar-refractivity contribution in [2.75, 3.05) is 0 Å². The van der Waals surface area contributed by atoms with Gasteiger partial charge in [-0.1, -0.05) is 40.0 Å². The number of unbranched alkanes of at least 4 members (excludes halogenated alkanes) is 3. The molecule has 1 aromatic rings. The van der Waals surface area contributed by atoms with Gasteiger partial charge in [-0.05, 0) is 0 Å². The van der Waals surface area contributed by atoms with Crippen LogP contribution in [0.25, 0.3) is 0 Å². The fourth-order valence-electron chi connectivity index (χ4n) is 0.321. The summed E-state index contributed by atoms with van der Waals surface area (Å²) in [4.78, 5) is 0. The second-order valence-electron chi connectivity index (χ2n) is 3.52. The van der Waals surface area contributed by atoms with Crippen LogP contribution in [0.1, 0.15) is 59.3 Å². The molecule has 0 bridgehead atoms. The summed E-state index contributed by atoms with van der Waals surface area (Å²) in [6, 6.07) is 10.0. The van der Waals surface area contributed by atoms with Crippen molar-refractivity contribution in [3.05, 3.63) is 51.1 Å². The first-order valence-electron chi connectivity index (χ1n) is 6.79. The van der Waals surface area contributed by atoms with E-state index in [2.05, 4.69) is 41.5 Å². The van der Waals surface area contributed by atoms with Gasteiger partial charge in [0.25, 0.3) is 0 Å². The summed E-state index contributed by atoms with van der Waals surface area (Å²) in [7, 11) is 0. The molecule has 0 saturated heterocycles. The van der Waals surface area contributed by atoms with Crippen LogP contribution in [0.15, 0.2) is 30.3 Å². The normalized spacial score (nSPS) is 7.22. The maximum absolute atomic E-state index is 3.60. The van der Waals surface area contributed by atoms with E-state index in [1.165, 1.54) is 19.3 Å². The summed E-state index contributed by atoms with van der Waals surface area (Å²) in [5, 5.41) is 0. The summed E-state index contributed by atoms with van der Waals surface area (Å²) >= 11 is 0. The molecule has 1 rings (SSSR count). The Morgan fingerprint density at radius 3 is 1.00 bits per heavy atom. The summed E-state index contributed by atoms with van der Waals surface area (Å²) in [6.07, 6.45) is 6.83. The Morgan fingerprint density at radius 2 is 0.944 bits per heavy atom. The van der Waals surface area contributed by atoms with E-state index in [9.17, 15) is 0 Å². The van der Waals surface area contributed by atoms with Gasteiger partial charge in [0, 0.05) is 0 Å². The molecule has 0 fully saturated rings. The topological polar surface area (TPSA) is 0 Å². The van der Waals surface area contributed by atoms with Crippen LogP contribution in [-0.2, 0) is 26.2 Å². The zero-order valence-corrected chi connectivity index (χ0v) is 15.2. The van der Waals surface area contributed by atoms with Crippen molar-refractivity contribution < 1.29 is 26.2 Å². The molecule has 0 amide bonds. The zero-order valence-electron chi connectivity index (χ0n) is 12.8. The molecule has 1 heteroatoms. The molecule has 0 N–H and O–H groups in total. The Labute approximate surface area is 136 Å². The monoisotopic (exact) mass is 326 g/mol. The average Bonchev–Trinajstić information content (AvgIpc) is 2.98. The van der Waals surface area contributed by atoms with E-state index in [0.717, 1.165) is 19.3 Å². The van der Waals surface area contributed by atoms with Crippen LogP contribution in [-0.4, -0.2) is 0 Å². The molecule has 0 atom stereocenters. The summed E-state index contributed by atoms with van der Waals surface area (Å²) in [5.41, 5.74) is 0. The van der Waals surface area contributed by atoms with Gasteiger partial charge in [-0.2, -0.15) is 37.5 Å². The van der Waals surface area contributed by atoms with Crippen molar-refractivity contribution in [3.63, 3.8) is 0 Å². The van der Waals surface area contributed by atoms with Crippen LogP contribution in [0.5, 0.6) is 0 Å². The quantitative estimate of drug-likeness (QED) is 0.574. The molecule has 1 aromatic carbocycles. The van der Waals surface area contributed by atoms with Crippen LogP contribution >= 0.6 is 0 Å². The number of hydrogen-bond donors (Lipinski definition) is 0. The predicted molar refractivity (Wildman–Crippen MR) is 82.8 cm³/mol. The van der Waals surface area contributed by atoms with Gasteiger partial charge in [0.1, 0.15) is 0 Å². The van der Waals surface area contributed by atoms with Crippen molar-refractivity contribution in [1.29, 1.82) is 0 Å². The minimum Gasteiger partial charge on any atom is -0.343 e. The van der Waals surface area contributed by atoms with Crippen molar-refractivity contribution in [3.8, 4) is 0 Å². The molecule has 0 nitrogen and oxygen atoms in total. The van der Waals surface area contributed by atoms with Crippen molar-refractivity contribution in [1.82, 2.24) is 0 Å². The van der Waals surface area contributed by atoms with E-state index in [0.29, 0.717) is 0 Å². The Hall–Kier alpha value is 0.233. The molecule has 18 heavy (non-hydrogen) atoms. The van der Waals surface area contributed by atoms with Gasteiger partial charge >= 0.3 is 26.2 Å². The van der Waals surface area contributed by atoms with Crippen molar-refractivity contribution >= 4 is 0 Å². The SMILES string of the molecule is [CH2-]CCC.[CH2-]CCC.[CH2-]CCC.[Zr+4].c1cc[cH-]c1. The van der Waals surface area contributed by atoms with E-state index in [1.54, 1.807) is 0 Å². The van der Waals surface area contributed by atoms with E-state index in [4.69, 9.17) is 0 Å². The molecule has 0 aromatic heterocycles. The Bertz CT molecular complexity index is 112. The minimum atomic E-state index is 0. The summed E-state index contributed by atoms with van der Waals surface area (Å²) in [6.45, 7) is 17.2. The fraction of sp³-hybridized carbons (Fsp3) is 0.529. The van der Waals surface area contributed by atoms with Crippen LogP contribution in [0.4, 0.5) is 0 Å². The molecule has 0 unspecified atom stereocenters. The second kappa shape index (κ2) is 36.0. The van der Waals surface area contributed by atoms with Gasteiger partial charge in [0.05, 0.1) is 0 Å². The molecule has 104 valence electrons.